The van der Waals surface area contributed by atoms with Gasteiger partial charge in [0.1, 0.15) is 6.10 Å². The Labute approximate surface area is 113 Å². The lowest BCUT2D eigenvalue weighted by Crippen LogP contribution is -2.53. The average molecular weight is 269 g/mol. The molecular formula is C13H23N3O3. The maximum Gasteiger partial charge on any atom is 0.252 e. The lowest BCUT2D eigenvalue weighted by Gasteiger charge is -2.35. The monoisotopic (exact) mass is 269 g/mol. The van der Waals surface area contributed by atoms with E-state index in [4.69, 9.17) is 10.5 Å². The number of hydrogen-bond acceptors (Lipinski definition) is 4. The van der Waals surface area contributed by atoms with Gasteiger partial charge in [0.25, 0.3) is 5.91 Å². The van der Waals surface area contributed by atoms with Crippen molar-refractivity contribution in [2.24, 2.45) is 11.7 Å². The Kier molecular flexibility index (Phi) is 4.76. The number of primary amides is 1. The molecule has 2 heterocycles. The van der Waals surface area contributed by atoms with Crippen LogP contribution in [-0.2, 0) is 14.3 Å². The molecule has 2 atom stereocenters. The molecule has 19 heavy (non-hydrogen) atoms. The van der Waals surface area contributed by atoms with Crippen molar-refractivity contribution in [2.75, 3.05) is 26.2 Å². The zero-order valence-corrected chi connectivity index (χ0v) is 11.4. The van der Waals surface area contributed by atoms with E-state index in [9.17, 15) is 9.59 Å². The Balaban J connectivity index is 2.07. The molecule has 2 unspecified atom stereocenters. The minimum absolute atomic E-state index is 0.00389. The van der Waals surface area contributed by atoms with E-state index in [2.05, 4.69) is 5.32 Å². The molecular weight excluding hydrogens is 246 g/mol. The van der Waals surface area contributed by atoms with Gasteiger partial charge in [-0.25, -0.2) is 0 Å². The minimum atomic E-state index is -0.461. The van der Waals surface area contributed by atoms with Crippen molar-refractivity contribution in [3.05, 3.63) is 0 Å². The van der Waals surface area contributed by atoms with Crippen LogP contribution < -0.4 is 11.1 Å². The molecule has 0 bridgehead atoms. The lowest BCUT2D eigenvalue weighted by molar-refractivity contribution is -0.147. The summed E-state index contributed by atoms with van der Waals surface area (Å²) in [4.78, 5) is 25.4. The highest BCUT2D eigenvalue weighted by atomic mass is 16.5. The van der Waals surface area contributed by atoms with Crippen LogP contribution in [0.5, 0.6) is 0 Å². The SMILES string of the molecule is CC1CCOC1C(=O)N(CC(N)=O)C1CCNCC1. The molecule has 108 valence electrons. The Morgan fingerprint density at radius 1 is 1.32 bits per heavy atom. The van der Waals surface area contributed by atoms with Gasteiger partial charge in [-0.15, -0.1) is 0 Å². The van der Waals surface area contributed by atoms with Crippen LogP contribution in [0.3, 0.4) is 0 Å². The third-order valence-electron chi connectivity index (χ3n) is 3.99. The van der Waals surface area contributed by atoms with Gasteiger partial charge in [-0.05, 0) is 38.3 Å². The van der Waals surface area contributed by atoms with Crippen LogP contribution in [-0.4, -0.2) is 55.1 Å². The lowest BCUT2D eigenvalue weighted by atomic mass is 9.99. The molecule has 2 saturated heterocycles. The van der Waals surface area contributed by atoms with Gasteiger partial charge in [0.2, 0.25) is 5.91 Å². The number of amides is 2. The van der Waals surface area contributed by atoms with Crippen LogP contribution >= 0.6 is 0 Å². The van der Waals surface area contributed by atoms with Gasteiger partial charge in [0.15, 0.2) is 0 Å². The summed E-state index contributed by atoms with van der Waals surface area (Å²) in [6, 6.07) is 0.0950. The smallest absolute Gasteiger partial charge is 0.252 e. The molecule has 2 aliphatic rings. The zero-order chi connectivity index (χ0) is 13.8. The summed E-state index contributed by atoms with van der Waals surface area (Å²) in [6.07, 6.45) is 2.21. The molecule has 6 nitrogen and oxygen atoms in total. The summed E-state index contributed by atoms with van der Waals surface area (Å²) >= 11 is 0. The fourth-order valence-corrected chi connectivity index (χ4v) is 2.85. The van der Waals surface area contributed by atoms with Crippen LogP contribution in [0.25, 0.3) is 0 Å². The number of nitrogens with two attached hydrogens (primary N) is 1. The van der Waals surface area contributed by atoms with Crippen molar-refractivity contribution in [1.82, 2.24) is 10.2 Å². The van der Waals surface area contributed by atoms with E-state index < -0.39 is 12.0 Å². The van der Waals surface area contributed by atoms with E-state index in [-0.39, 0.29) is 24.4 Å². The summed E-state index contributed by atoms with van der Waals surface area (Å²) in [6.45, 7) is 4.37. The van der Waals surface area contributed by atoms with E-state index in [1.54, 1.807) is 4.90 Å². The highest BCUT2D eigenvalue weighted by Gasteiger charge is 2.37. The first-order chi connectivity index (χ1) is 9.09. The molecule has 2 amide bonds. The highest BCUT2D eigenvalue weighted by molar-refractivity contribution is 5.87. The first kappa shape index (κ1) is 14.3. The Bertz CT molecular complexity index is 342. The van der Waals surface area contributed by atoms with Crippen molar-refractivity contribution >= 4 is 11.8 Å². The Morgan fingerprint density at radius 3 is 2.53 bits per heavy atom. The molecule has 3 N–H and O–H groups in total. The zero-order valence-electron chi connectivity index (χ0n) is 11.4. The summed E-state index contributed by atoms with van der Waals surface area (Å²) in [5, 5.41) is 3.25. The summed E-state index contributed by atoms with van der Waals surface area (Å²) in [7, 11) is 0. The van der Waals surface area contributed by atoms with Crippen molar-refractivity contribution in [3.8, 4) is 0 Å². The molecule has 2 rings (SSSR count). The Hall–Kier alpha value is -1.14. The minimum Gasteiger partial charge on any atom is -0.368 e. The van der Waals surface area contributed by atoms with Crippen LogP contribution in [0.15, 0.2) is 0 Å². The molecule has 0 radical (unpaired) electrons. The van der Waals surface area contributed by atoms with Gasteiger partial charge < -0.3 is 20.7 Å². The van der Waals surface area contributed by atoms with Crippen LogP contribution in [0.1, 0.15) is 26.2 Å². The molecule has 0 aromatic heterocycles. The van der Waals surface area contributed by atoms with Crippen molar-refractivity contribution in [1.29, 1.82) is 0 Å². The number of piperidine rings is 1. The summed E-state index contributed by atoms with van der Waals surface area (Å²) < 4.78 is 5.52. The Morgan fingerprint density at radius 2 is 2.00 bits per heavy atom. The third kappa shape index (κ3) is 3.45. The van der Waals surface area contributed by atoms with Crippen LogP contribution in [0, 0.1) is 5.92 Å². The summed E-state index contributed by atoms with van der Waals surface area (Å²) in [5.74, 6) is -0.321. The van der Waals surface area contributed by atoms with Gasteiger partial charge in [0.05, 0.1) is 6.54 Å². The quantitative estimate of drug-likeness (QED) is 0.719. The molecule has 0 saturated carbocycles. The number of rotatable bonds is 4. The van der Waals surface area contributed by atoms with E-state index in [1.165, 1.54) is 0 Å². The van der Waals surface area contributed by atoms with Crippen LogP contribution in [0.4, 0.5) is 0 Å². The number of hydrogen-bond donors (Lipinski definition) is 2. The molecule has 6 heteroatoms. The first-order valence-electron chi connectivity index (χ1n) is 7.00. The highest BCUT2D eigenvalue weighted by Crippen LogP contribution is 2.24. The first-order valence-corrected chi connectivity index (χ1v) is 7.00. The van der Waals surface area contributed by atoms with E-state index in [1.807, 2.05) is 6.92 Å². The summed E-state index contributed by atoms with van der Waals surface area (Å²) in [5.41, 5.74) is 5.28. The third-order valence-corrected chi connectivity index (χ3v) is 3.99. The predicted octanol–water partition coefficient (Wildman–Crippen LogP) is -0.523. The second kappa shape index (κ2) is 6.34. The molecule has 0 aromatic carbocycles. The van der Waals surface area contributed by atoms with Gasteiger partial charge in [-0.1, -0.05) is 6.92 Å². The second-order valence-corrected chi connectivity index (χ2v) is 5.47. The van der Waals surface area contributed by atoms with Crippen LogP contribution in [0.2, 0.25) is 0 Å². The second-order valence-electron chi connectivity index (χ2n) is 5.47. The number of carbonyl (C=O) groups is 2. The average Bonchev–Trinajstić information content (AvgIpc) is 2.82. The number of ether oxygens (including phenoxy) is 1. The van der Waals surface area contributed by atoms with Crippen molar-refractivity contribution in [3.63, 3.8) is 0 Å². The number of carbonyl (C=O) groups excluding carboxylic acids is 2. The topological polar surface area (TPSA) is 84.7 Å². The van der Waals surface area contributed by atoms with E-state index in [0.717, 1.165) is 32.4 Å². The largest absolute Gasteiger partial charge is 0.368 e. The maximum atomic E-state index is 12.6. The molecule has 0 aromatic rings. The molecule has 0 aliphatic carbocycles. The normalized spacial score (nSPS) is 28.3. The molecule has 2 aliphatic heterocycles. The fraction of sp³-hybridized carbons (Fsp3) is 0.846. The van der Waals surface area contributed by atoms with E-state index >= 15 is 0 Å². The van der Waals surface area contributed by atoms with E-state index in [0.29, 0.717) is 6.61 Å². The predicted molar refractivity (Wildman–Crippen MR) is 70.3 cm³/mol. The molecule has 0 spiro atoms. The standard InChI is InChI=1S/C13H23N3O3/c1-9-4-7-19-12(9)13(18)16(8-11(14)17)10-2-5-15-6-3-10/h9-10,12,15H,2-8H2,1H3,(H2,14,17). The maximum absolute atomic E-state index is 12.6. The van der Waals surface area contributed by atoms with Crippen molar-refractivity contribution < 1.29 is 14.3 Å². The van der Waals surface area contributed by atoms with Gasteiger partial charge in [-0.3, -0.25) is 9.59 Å². The van der Waals surface area contributed by atoms with Gasteiger partial charge >= 0.3 is 0 Å². The molecule has 2 fully saturated rings. The van der Waals surface area contributed by atoms with Gasteiger partial charge in [0, 0.05) is 12.6 Å². The number of nitrogens with one attached hydrogen (secondary N) is 1. The fourth-order valence-electron chi connectivity index (χ4n) is 2.85. The van der Waals surface area contributed by atoms with Gasteiger partial charge in [-0.2, -0.15) is 0 Å². The number of nitrogens with zero attached hydrogens (tertiary/aromatic N) is 1. The van der Waals surface area contributed by atoms with Crippen molar-refractivity contribution in [2.45, 2.75) is 38.3 Å².